The molecule has 2 aromatic rings. The Bertz CT molecular complexity index is 1220. The second-order valence-corrected chi connectivity index (χ2v) is 10.2. The summed E-state index contributed by atoms with van der Waals surface area (Å²) in [6.07, 6.45) is 1.75. The maximum atomic E-state index is 13.6. The van der Waals surface area contributed by atoms with Crippen molar-refractivity contribution in [2.75, 3.05) is 44.2 Å². The van der Waals surface area contributed by atoms with Gasteiger partial charge in [-0.15, -0.1) is 0 Å². The standard InChI is InChI=1S/C25H29FN4O3S/c1-17-2-7-22-21(16-17)23(24(34(32)33)30(22)20-5-3-19(26)4-6-20)18-8-11-28(12-9-18)14-15-29-13-10-27-25(29)31/h2-7,16,18,23H,8-15H2,1H3,(H,27,31). The molecule has 0 aromatic heterocycles. The molecule has 0 bridgehead atoms. The number of piperidine rings is 1. The number of rotatable bonds is 5. The van der Waals surface area contributed by atoms with E-state index in [1.165, 1.54) is 12.1 Å². The smallest absolute Gasteiger partial charge is 0.317 e. The lowest BCUT2D eigenvalue weighted by atomic mass is 9.80. The third-order valence-electron chi connectivity index (χ3n) is 7.24. The van der Waals surface area contributed by atoms with Crippen LogP contribution in [0, 0.1) is 18.7 Å². The molecule has 0 spiro atoms. The molecule has 2 saturated heterocycles. The summed E-state index contributed by atoms with van der Waals surface area (Å²) in [5.41, 5.74) is 3.61. The Morgan fingerprint density at radius 2 is 1.76 bits per heavy atom. The van der Waals surface area contributed by atoms with Gasteiger partial charge in [0, 0.05) is 37.8 Å². The maximum Gasteiger partial charge on any atom is 0.317 e. The second-order valence-electron chi connectivity index (χ2n) is 9.32. The first-order chi connectivity index (χ1) is 16.4. The first-order valence-corrected chi connectivity index (χ1v) is 12.9. The number of nitrogens with zero attached hydrogens (tertiary/aromatic N) is 3. The van der Waals surface area contributed by atoms with Crippen LogP contribution in [-0.2, 0) is 10.3 Å². The van der Waals surface area contributed by atoms with Gasteiger partial charge < -0.3 is 20.0 Å². The van der Waals surface area contributed by atoms with Crippen LogP contribution >= 0.6 is 0 Å². The van der Waals surface area contributed by atoms with Crippen molar-refractivity contribution in [1.29, 1.82) is 0 Å². The van der Waals surface area contributed by atoms with Gasteiger partial charge in [-0.3, -0.25) is 0 Å². The lowest BCUT2D eigenvalue weighted by Gasteiger charge is -2.35. The monoisotopic (exact) mass is 484 g/mol. The molecule has 34 heavy (non-hydrogen) atoms. The summed E-state index contributed by atoms with van der Waals surface area (Å²) in [5.74, 6) is -0.401. The maximum absolute atomic E-state index is 13.6. The molecule has 0 saturated carbocycles. The van der Waals surface area contributed by atoms with Crippen LogP contribution in [0.5, 0.6) is 0 Å². The number of anilines is 2. The van der Waals surface area contributed by atoms with Gasteiger partial charge in [-0.2, -0.15) is 8.42 Å². The van der Waals surface area contributed by atoms with Gasteiger partial charge in [0.2, 0.25) is 10.3 Å². The van der Waals surface area contributed by atoms with Crippen molar-refractivity contribution in [2.45, 2.75) is 25.7 Å². The number of likely N-dealkylation sites (tertiary alicyclic amines) is 1. The quantitative estimate of drug-likeness (QED) is 0.661. The molecule has 0 aliphatic carbocycles. The van der Waals surface area contributed by atoms with E-state index in [1.54, 1.807) is 17.0 Å². The number of hydrogen-bond donors (Lipinski definition) is 1. The molecule has 9 heteroatoms. The molecule has 2 aromatic carbocycles. The number of carbonyl (C=O) groups excluding carboxylic acids is 1. The highest BCUT2D eigenvalue weighted by molar-refractivity contribution is 7.73. The van der Waals surface area contributed by atoms with E-state index in [2.05, 4.69) is 16.3 Å². The summed E-state index contributed by atoms with van der Waals surface area (Å²) in [7, 11) is -2.43. The summed E-state index contributed by atoms with van der Waals surface area (Å²) in [4.78, 5) is 18.1. The van der Waals surface area contributed by atoms with Crippen LogP contribution in [0.1, 0.15) is 29.9 Å². The molecule has 1 unspecified atom stereocenters. The molecule has 2 amide bonds. The zero-order valence-electron chi connectivity index (χ0n) is 19.2. The second kappa shape index (κ2) is 9.38. The fraction of sp³-hybridized carbons (Fsp3) is 0.440. The molecule has 180 valence electrons. The highest BCUT2D eigenvalue weighted by Gasteiger charge is 2.42. The van der Waals surface area contributed by atoms with E-state index in [0.717, 1.165) is 55.8 Å². The third kappa shape index (κ3) is 4.30. The summed E-state index contributed by atoms with van der Waals surface area (Å²) in [6.45, 7) is 6.74. The summed E-state index contributed by atoms with van der Waals surface area (Å²) in [5, 5.41) is 2.83. The van der Waals surface area contributed by atoms with Gasteiger partial charge in [0.05, 0.1) is 5.69 Å². The minimum atomic E-state index is -2.43. The van der Waals surface area contributed by atoms with Gasteiger partial charge in [-0.25, -0.2) is 9.18 Å². The Balaban J connectivity index is 1.39. The van der Waals surface area contributed by atoms with E-state index in [1.807, 2.05) is 24.0 Å². The van der Waals surface area contributed by atoms with Crippen LogP contribution in [-0.4, -0.2) is 68.5 Å². The molecule has 3 aliphatic rings. The molecule has 3 aliphatic heterocycles. The molecule has 1 N–H and O–H groups in total. The first-order valence-electron chi connectivity index (χ1n) is 11.8. The van der Waals surface area contributed by atoms with Gasteiger partial charge in [-0.05, 0) is 74.7 Å². The van der Waals surface area contributed by atoms with Crippen LogP contribution in [0.3, 0.4) is 0 Å². The molecule has 7 nitrogen and oxygen atoms in total. The Kier molecular flexibility index (Phi) is 6.31. The summed E-state index contributed by atoms with van der Waals surface area (Å²) >= 11 is 0. The van der Waals surface area contributed by atoms with Crippen LogP contribution in [0.2, 0.25) is 0 Å². The normalized spacial score (nSPS) is 21.2. The van der Waals surface area contributed by atoms with Crippen molar-refractivity contribution < 1.29 is 17.6 Å². The first kappa shape index (κ1) is 22.9. The number of hydrogen-bond acceptors (Lipinski definition) is 4. The van der Waals surface area contributed by atoms with Crippen molar-refractivity contribution in [3.05, 3.63) is 59.4 Å². The zero-order chi connectivity index (χ0) is 23.8. The predicted molar refractivity (Wildman–Crippen MR) is 131 cm³/mol. The lowest BCUT2D eigenvalue weighted by Crippen LogP contribution is -2.42. The van der Waals surface area contributed by atoms with E-state index in [0.29, 0.717) is 23.8 Å². The average Bonchev–Trinajstić information content (AvgIpc) is 3.39. The van der Waals surface area contributed by atoms with Crippen molar-refractivity contribution in [1.82, 2.24) is 15.1 Å². The Labute approximate surface area is 200 Å². The fourth-order valence-electron chi connectivity index (χ4n) is 5.50. The molecular weight excluding hydrogens is 455 g/mol. The van der Waals surface area contributed by atoms with Crippen LogP contribution in [0.25, 0.3) is 0 Å². The zero-order valence-corrected chi connectivity index (χ0v) is 20.0. The number of benzene rings is 2. The van der Waals surface area contributed by atoms with Gasteiger partial charge in [-0.1, -0.05) is 17.7 Å². The number of fused-ring (bicyclic) bond motifs is 1. The Hall–Kier alpha value is -2.91. The Morgan fingerprint density at radius 1 is 1.03 bits per heavy atom. The van der Waals surface area contributed by atoms with E-state index >= 15 is 0 Å². The van der Waals surface area contributed by atoms with Crippen molar-refractivity contribution in [3.63, 3.8) is 0 Å². The average molecular weight is 485 g/mol. The van der Waals surface area contributed by atoms with Gasteiger partial charge in [0.1, 0.15) is 5.82 Å². The Morgan fingerprint density at radius 3 is 2.41 bits per heavy atom. The summed E-state index contributed by atoms with van der Waals surface area (Å²) < 4.78 is 38.8. The van der Waals surface area contributed by atoms with Gasteiger partial charge in [0.15, 0.2) is 4.99 Å². The van der Waals surface area contributed by atoms with E-state index in [9.17, 15) is 17.6 Å². The largest absolute Gasteiger partial charge is 0.336 e. The lowest BCUT2D eigenvalue weighted by molar-refractivity contribution is 0.161. The SMILES string of the molecule is Cc1ccc2c(c1)C(C1CCN(CCN3CCNC3=O)CC1)C(=S(=O)=O)N2c1ccc(F)cc1. The topological polar surface area (TPSA) is 73.0 Å². The molecule has 3 heterocycles. The minimum Gasteiger partial charge on any atom is -0.336 e. The van der Waals surface area contributed by atoms with Gasteiger partial charge in [0.25, 0.3) is 0 Å². The summed E-state index contributed by atoms with van der Waals surface area (Å²) in [6, 6.07) is 12.0. The van der Waals surface area contributed by atoms with Crippen LogP contribution in [0.15, 0.2) is 42.5 Å². The predicted octanol–water partition coefficient (Wildman–Crippen LogP) is 3.12. The van der Waals surface area contributed by atoms with E-state index < -0.39 is 10.3 Å². The highest BCUT2D eigenvalue weighted by Crippen LogP contribution is 2.48. The van der Waals surface area contributed by atoms with Crippen LogP contribution in [0.4, 0.5) is 20.6 Å². The van der Waals surface area contributed by atoms with Crippen molar-refractivity contribution in [2.24, 2.45) is 5.92 Å². The number of carbonyl (C=O) groups is 1. The molecule has 1 atom stereocenters. The third-order valence-corrected chi connectivity index (χ3v) is 8.01. The molecule has 5 rings (SSSR count). The van der Waals surface area contributed by atoms with Crippen molar-refractivity contribution >= 4 is 32.7 Å². The molecular formula is C25H29FN4O3S. The van der Waals surface area contributed by atoms with Crippen molar-refractivity contribution in [3.8, 4) is 0 Å². The van der Waals surface area contributed by atoms with Gasteiger partial charge >= 0.3 is 6.03 Å². The number of nitrogens with one attached hydrogen (secondary N) is 1. The number of halogens is 1. The number of amides is 2. The molecule has 0 radical (unpaired) electrons. The minimum absolute atomic E-state index is 0.00544. The highest BCUT2D eigenvalue weighted by atomic mass is 32.2. The molecule has 2 fully saturated rings. The fourth-order valence-corrected chi connectivity index (χ4v) is 6.38. The van der Waals surface area contributed by atoms with Crippen LogP contribution < -0.4 is 10.2 Å². The van der Waals surface area contributed by atoms with E-state index in [4.69, 9.17) is 0 Å². The number of urea groups is 1. The van der Waals surface area contributed by atoms with E-state index in [-0.39, 0.29) is 23.7 Å². The number of aryl methyl sites for hydroxylation is 1.